The van der Waals surface area contributed by atoms with Gasteiger partial charge in [0.15, 0.2) is 0 Å². The minimum absolute atomic E-state index is 0.0328. The summed E-state index contributed by atoms with van der Waals surface area (Å²) in [7, 11) is 0. The van der Waals surface area contributed by atoms with Gasteiger partial charge in [-0.05, 0) is 36.6 Å². The predicted molar refractivity (Wildman–Crippen MR) is 112 cm³/mol. The summed E-state index contributed by atoms with van der Waals surface area (Å²) in [6, 6.07) is 10.7. The van der Waals surface area contributed by atoms with Crippen molar-refractivity contribution in [3.8, 4) is 0 Å². The van der Waals surface area contributed by atoms with Gasteiger partial charge in [0.2, 0.25) is 0 Å². The number of hydrogen-bond acceptors (Lipinski definition) is 4. The zero-order valence-corrected chi connectivity index (χ0v) is 17.4. The molecule has 1 saturated heterocycles. The lowest BCUT2D eigenvalue weighted by atomic mass is 10.00. The first-order valence-corrected chi connectivity index (χ1v) is 10.6. The maximum atomic E-state index is 14.4. The van der Waals surface area contributed by atoms with Crippen LogP contribution < -0.4 is 10.9 Å². The third-order valence-corrected chi connectivity index (χ3v) is 6.35. The van der Waals surface area contributed by atoms with Crippen LogP contribution in [-0.2, 0) is 6.42 Å². The summed E-state index contributed by atoms with van der Waals surface area (Å²) in [5.74, 6) is -1.27. The third-order valence-electron chi connectivity index (χ3n) is 6.35. The van der Waals surface area contributed by atoms with Gasteiger partial charge in [-0.3, -0.25) is 14.9 Å². The molecule has 2 fully saturated rings. The maximum absolute atomic E-state index is 14.4. The summed E-state index contributed by atoms with van der Waals surface area (Å²) in [4.78, 5) is 26.1. The summed E-state index contributed by atoms with van der Waals surface area (Å²) >= 11 is 0. The molecule has 1 aliphatic carbocycles. The van der Waals surface area contributed by atoms with Crippen molar-refractivity contribution in [2.45, 2.75) is 37.0 Å². The van der Waals surface area contributed by atoms with Crippen molar-refractivity contribution in [3.63, 3.8) is 0 Å². The minimum atomic E-state index is -4.32. The van der Waals surface area contributed by atoms with Crippen LogP contribution in [0.4, 0.5) is 17.6 Å². The highest BCUT2D eigenvalue weighted by Gasteiger charge is 2.64. The predicted octanol–water partition coefficient (Wildman–Crippen LogP) is 3.16. The van der Waals surface area contributed by atoms with Gasteiger partial charge in [0.05, 0.1) is 16.6 Å². The molecule has 0 radical (unpaired) electrons. The quantitative estimate of drug-likeness (QED) is 0.574. The summed E-state index contributed by atoms with van der Waals surface area (Å²) in [6.45, 7) is 0.179. The van der Waals surface area contributed by atoms with Crippen LogP contribution >= 0.6 is 0 Å². The van der Waals surface area contributed by atoms with Gasteiger partial charge in [-0.2, -0.15) is 18.3 Å². The Labute approximate surface area is 185 Å². The fourth-order valence-electron chi connectivity index (χ4n) is 4.28. The van der Waals surface area contributed by atoms with Crippen molar-refractivity contribution in [1.82, 2.24) is 20.4 Å². The second-order valence-electron chi connectivity index (χ2n) is 8.67. The van der Waals surface area contributed by atoms with Crippen LogP contribution in [0.1, 0.15) is 34.5 Å². The first kappa shape index (κ1) is 21.6. The second kappa shape index (κ2) is 7.65. The average molecular weight is 460 g/mol. The van der Waals surface area contributed by atoms with Gasteiger partial charge in [0.1, 0.15) is 11.4 Å². The lowest BCUT2D eigenvalue weighted by Gasteiger charge is -2.42. The number of H-pyrrole nitrogens is 1. The molecule has 33 heavy (non-hydrogen) atoms. The Bertz CT molecular complexity index is 1290. The minimum Gasteiger partial charge on any atom is -0.335 e. The van der Waals surface area contributed by atoms with E-state index in [0.717, 1.165) is 0 Å². The highest BCUT2D eigenvalue weighted by molar-refractivity contribution is 5.95. The number of likely N-dealkylation sites (tertiary alicyclic amines) is 1. The van der Waals surface area contributed by atoms with Crippen molar-refractivity contribution in [3.05, 3.63) is 75.5 Å². The molecule has 1 amide bonds. The number of aromatic amines is 1. The normalized spacial score (nSPS) is 17.8. The topological polar surface area (TPSA) is 78.1 Å². The average Bonchev–Trinajstić information content (AvgIpc) is 3.55. The summed E-state index contributed by atoms with van der Waals surface area (Å²) in [6.07, 6.45) is -4.00. The van der Waals surface area contributed by atoms with E-state index in [9.17, 15) is 27.2 Å². The van der Waals surface area contributed by atoms with Gasteiger partial charge < -0.3 is 4.90 Å². The molecule has 0 atom stereocenters. The van der Waals surface area contributed by atoms with Crippen molar-refractivity contribution in [2.75, 3.05) is 13.1 Å². The van der Waals surface area contributed by atoms with Crippen molar-refractivity contribution < 1.29 is 22.4 Å². The second-order valence-corrected chi connectivity index (χ2v) is 8.67. The van der Waals surface area contributed by atoms with Crippen LogP contribution in [0.15, 0.2) is 47.3 Å². The number of hydrogen-bond donors (Lipinski definition) is 2. The summed E-state index contributed by atoms with van der Waals surface area (Å²) < 4.78 is 53.8. The number of nitrogens with zero attached hydrogens (tertiary/aromatic N) is 2. The number of halogens is 4. The van der Waals surface area contributed by atoms with Gasteiger partial charge in [-0.1, -0.05) is 24.3 Å². The number of carbonyl (C=O) groups is 1. The molecular formula is C23H20F4N4O2. The molecule has 2 N–H and O–H groups in total. The zero-order chi connectivity index (χ0) is 23.4. The molecule has 172 valence electrons. The molecule has 0 spiro atoms. The van der Waals surface area contributed by atoms with E-state index in [1.807, 2.05) is 0 Å². The van der Waals surface area contributed by atoms with E-state index in [0.29, 0.717) is 22.0 Å². The van der Waals surface area contributed by atoms with Crippen LogP contribution in [0.25, 0.3) is 10.8 Å². The van der Waals surface area contributed by atoms with E-state index in [4.69, 9.17) is 0 Å². The summed E-state index contributed by atoms with van der Waals surface area (Å²) in [5.41, 5.74) is -1.11. The van der Waals surface area contributed by atoms with Crippen molar-refractivity contribution in [2.24, 2.45) is 0 Å². The number of fused-ring (bicyclic) bond motifs is 1. The molecule has 2 heterocycles. The van der Waals surface area contributed by atoms with Crippen molar-refractivity contribution in [1.29, 1.82) is 0 Å². The smallest absolute Gasteiger partial charge is 0.335 e. The Balaban J connectivity index is 1.31. The van der Waals surface area contributed by atoms with Crippen LogP contribution in [-0.4, -0.2) is 51.9 Å². The fraction of sp³-hybridized carbons (Fsp3) is 0.348. The first-order chi connectivity index (χ1) is 15.7. The molecule has 0 unspecified atom stereocenters. The zero-order valence-electron chi connectivity index (χ0n) is 17.4. The molecule has 1 aliphatic heterocycles. The summed E-state index contributed by atoms with van der Waals surface area (Å²) in [5, 5.41) is 10.3. The van der Waals surface area contributed by atoms with E-state index in [1.165, 1.54) is 23.1 Å². The van der Waals surface area contributed by atoms with Gasteiger partial charge in [-0.15, -0.1) is 0 Å². The number of alkyl halides is 3. The number of benzene rings is 2. The Kier molecular flexibility index (Phi) is 5.00. The van der Waals surface area contributed by atoms with E-state index in [-0.39, 0.29) is 43.5 Å². The molecular weight excluding hydrogens is 440 g/mol. The molecule has 6 nitrogen and oxygen atoms in total. The fourth-order valence-corrected chi connectivity index (χ4v) is 4.28. The largest absolute Gasteiger partial charge is 0.406 e. The Morgan fingerprint density at radius 2 is 1.85 bits per heavy atom. The van der Waals surface area contributed by atoms with E-state index < -0.39 is 29.5 Å². The van der Waals surface area contributed by atoms with Gasteiger partial charge >= 0.3 is 6.18 Å². The van der Waals surface area contributed by atoms with Gasteiger partial charge in [-0.25, -0.2) is 9.49 Å². The standard InChI is InChI=1S/C23H20F4N4O2/c24-18-6-5-13(10-19-15-3-1-2-4-16(15)20(32)30-29-19)9-17(18)21(33)31-11-14(12-31)28-22(7-8-22)23(25,26)27/h1-6,9,14,28H,7-8,10-12H2,(H,30,32). The van der Waals surface area contributed by atoms with Crippen LogP contribution in [0.2, 0.25) is 0 Å². The molecule has 5 rings (SSSR count). The van der Waals surface area contributed by atoms with Crippen LogP contribution in [0.3, 0.4) is 0 Å². The molecule has 10 heteroatoms. The molecule has 1 saturated carbocycles. The number of amides is 1. The molecule has 1 aromatic heterocycles. The number of nitrogens with one attached hydrogen (secondary N) is 2. The Morgan fingerprint density at radius 1 is 1.15 bits per heavy atom. The monoisotopic (exact) mass is 460 g/mol. The van der Waals surface area contributed by atoms with Gasteiger partial charge in [0.25, 0.3) is 11.5 Å². The molecule has 3 aromatic rings. The van der Waals surface area contributed by atoms with Crippen LogP contribution in [0.5, 0.6) is 0 Å². The van der Waals surface area contributed by atoms with E-state index in [2.05, 4.69) is 15.5 Å². The number of aromatic nitrogens is 2. The molecule has 0 bridgehead atoms. The third kappa shape index (κ3) is 3.88. The first-order valence-electron chi connectivity index (χ1n) is 10.6. The molecule has 2 aliphatic rings. The van der Waals surface area contributed by atoms with E-state index >= 15 is 0 Å². The number of carbonyl (C=O) groups excluding carboxylic acids is 1. The SMILES string of the molecule is O=C(c1cc(Cc2n[nH]c(=O)c3ccccc23)ccc1F)N1CC(NC2(C(F)(F)F)CC2)C1. The highest BCUT2D eigenvalue weighted by atomic mass is 19.4. The van der Waals surface area contributed by atoms with E-state index in [1.54, 1.807) is 24.3 Å². The highest BCUT2D eigenvalue weighted by Crippen LogP contribution is 2.49. The Morgan fingerprint density at radius 3 is 2.52 bits per heavy atom. The van der Waals surface area contributed by atoms with Gasteiger partial charge in [0, 0.05) is 30.9 Å². The Hall–Kier alpha value is -3.27. The number of rotatable bonds is 5. The molecule has 2 aromatic carbocycles. The lowest BCUT2D eigenvalue weighted by molar-refractivity contribution is -0.170. The maximum Gasteiger partial charge on any atom is 0.406 e. The van der Waals surface area contributed by atoms with Crippen molar-refractivity contribution >= 4 is 16.7 Å². The lowest BCUT2D eigenvalue weighted by Crippen LogP contribution is -2.64. The van der Waals surface area contributed by atoms with Crippen LogP contribution in [0, 0.1) is 5.82 Å².